The lowest BCUT2D eigenvalue weighted by atomic mass is 9.96. The van der Waals surface area contributed by atoms with Crippen LogP contribution in [-0.2, 0) is 4.79 Å². The van der Waals surface area contributed by atoms with E-state index in [4.69, 9.17) is 5.11 Å². The lowest BCUT2D eigenvalue weighted by Gasteiger charge is -2.37. The minimum Gasteiger partial charge on any atom is -0.480 e. The third-order valence-electron chi connectivity index (χ3n) is 4.25. The van der Waals surface area contributed by atoms with Crippen molar-refractivity contribution in [1.82, 2.24) is 15.1 Å². The number of urea groups is 1. The van der Waals surface area contributed by atoms with Crippen LogP contribution in [0.25, 0.3) is 0 Å². The molecule has 0 unspecified atom stereocenters. The van der Waals surface area contributed by atoms with Gasteiger partial charge in [0.25, 0.3) is 0 Å². The zero-order valence-corrected chi connectivity index (χ0v) is 13.7. The van der Waals surface area contributed by atoms with Crippen molar-refractivity contribution >= 4 is 12.0 Å². The fourth-order valence-corrected chi connectivity index (χ4v) is 2.99. The zero-order valence-electron chi connectivity index (χ0n) is 13.7. The van der Waals surface area contributed by atoms with Gasteiger partial charge in [0.1, 0.15) is 6.54 Å². The van der Waals surface area contributed by atoms with Crippen LogP contribution in [0.3, 0.4) is 0 Å². The Morgan fingerprint density at radius 1 is 1.24 bits per heavy atom. The first-order valence-electron chi connectivity index (χ1n) is 7.69. The molecule has 1 saturated carbocycles. The standard InChI is InChI=1S/C15H29N3O3/c1-12(2)9-18(10-13(19)20)14(21)16-11-15(17(3)4)7-5-6-8-15/h12H,5-11H2,1-4H3,(H,16,21)(H,19,20). The largest absolute Gasteiger partial charge is 0.480 e. The van der Waals surface area contributed by atoms with Crippen molar-refractivity contribution in [2.45, 2.75) is 45.1 Å². The van der Waals surface area contributed by atoms with Gasteiger partial charge in [0.05, 0.1) is 0 Å². The number of amides is 2. The molecular formula is C15H29N3O3. The van der Waals surface area contributed by atoms with E-state index in [-0.39, 0.29) is 24.0 Å². The summed E-state index contributed by atoms with van der Waals surface area (Å²) in [7, 11) is 4.08. The molecule has 0 aromatic rings. The summed E-state index contributed by atoms with van der Waals surface area (Å²) in [6.07, 6.45) is 4.50. The fraction of sp³-hybridized carbons (Fsp3) is 0.867. The second kappa shape index (κ2) is 7.64. The van der Waals surface area contributed by atoms with Gasteiger partial charge in [-0.1, -0.05) is 26.7 Å². The summed E-state index contributed by atoms with van der Waals surface area (Å²) in [5, 5.41) is 11.9. The molecule has 2 amide bonds. The van der Waals surface area contributed by atoms with Crippen LogP contribution in [0.5, 0.6) is 0 Å². The summed E-state index contributed by atoms with van der Waals surface area (Å²) in [5.74, 6) is -0.738. The quantitative estimate of drug-likeness (QED) is 0.749. The highest BCUT2D eigenvalue weighted by molar-refractivity contribution is 5.80. The Bertz CT molecular complexity index is 363. The molecule has 1 aliphatic carbocycles. The molecule has 0 aromatic carbocycles. The van der Waals surface area contributed by atoms with Crippen molar-refractivity contribution in [3.05, 3.63) is 0 Å². The van der Waals surface area contributed by atoms with Crippen LogP contribution in [0.1, 0.15) is 39.5 Å². The molecule has 2 N–H and O–H groups in total. The maximum atomic E-state index is 12.3. The molecule has 0 spiro atoms. The van der Waals surface area contributed by atoms with E-state index in [0.717, 1.165) is 12.8 Å². The Morgan fingerprint density at radius 2 is 1.81 bits per heavy atom. The maximum Gasteiger partial charge on any atom is 0.323 e. The van der Waals surface area contributed by atoms with E-state index in [1.807, 2.05) is 27.9 Å². The van der Waals surface area contributed by atoms with Gasteiger partial charge >= 0.3 is 12.0 Å². The normalized spacial score (nSPS) is 17.2. The van der Waals surface area contributed by atoms with E-state index in [1.165, 1.54) is 17.7 Å². The first kappa shape index (κ1) is 17.8. The molecule has 1 fully saturated rings. The number of carbonyl (C=O) groups excluding carboxylic acids is 1. The minimum absolute atomic E-state index is 0.0163. The van der Waals surface area contributed by atoms with E-state index in [9.17, 15) is 9.59 Å². The number of nitrogens with zero attached hydrogens (tertiary/aromatic N) is 2. The number of hydrogen-bond donors (Lipinski definition) is 2. The van der Waals surface area contributed by atoms with Crippen LogP contribution in [0.15, 0.2) is 0 Å². The van der Waals surface area contributed by atoms with Crippen molar-refractivity contribution in [2.75, 3.05) is 33.7 Å². The lowest BCUT2D eigenvalue weighted by Crippen LogP contribution is -2.54. The Kier molecular flexibility index (Phi) is 6.45. The van der Waals surface area contributed by atoms with Gasteiger partial charge in [-0.2, -0.15) is 0 Å². The smallest absolute Gasteiger partial charge is 0.323 e. The molecule has 0 aliphatic heterocycles. The van der Waals surface area contributed by atoms with Crippen LogP contribution in [0.4, 0.5) is 4.79 Å². The number of carbonyl (C=O) groups is 2. The van der Waals surface area contributed by atoms with Gasteiger partial charge in [0.2, 0.25) is 0 Å². The second-order valence-corrected chi connectivity index (χ2v) is 6.65. The minimum atomic E-state index is -0.978. The van der Waals surface area contributed by atoms with E-state index in [1.54, 1.807) is 0 Å². The third-order valence-corrected chi connectivity index (χ3v) is 4.25. The second-order valence-electron chi connectivity index (χ2n) is 6.65. The summed E-state index contributed by atoms with van der Waals surface area (Å²) >= 11 is 0. The molecule has 1 rings (SSSR count). The van der Waals surface area contributed by atoms with Crippen LogP contribution in [0.2, 0.25) is 0 Å². The monoisotopic (exact) mass is 299 g/mol. The predicted octanol–water partition coefficient (Wildman–Crippen LogP) is 1.61. The molecule has 0 saturated heterocycles. The Balaban J connectivity index is 2.61. The van der Waals surface area contributed by atoms with Gasteiger partial charge in [-0.25, -0.2) is 4.79 Å². The average molecular weight is 299 g/mol. The Hall–Kier alpha value is -1.30. The van der Waals surface area contributed by atoms with Crippen molar-refractivity contribution in [2.24, 2.45) is 5.92 Å². The number of likely N-dealkylation sites (N-methyl/N-ethyl adjacent to an activating group) is 1. The van der Waals surface area contributed by atoms with Gasteiger partial charge in [0.15, 0.2) is 0 Å². The molecule has 122 valence electrons. The highest BCUT2D eigenvalue weighted by Gasteiger charge is 2.36. The van der Waals surface area contributed by atoms with Crippen LogP contribution in [-0.4, -0.2) is 66.2 Å². The number of aliphatic carboxylic acids is 1. The molecule has 6 nitrogen and oxygen atoms in total. The Morgan fingerprint density at radius 3 is 2.24 bits per heavy atom. The van der Waals surface area contributed by atoms with Crippen molar-refractivity contribution in [3.8, 4) is 0 Å². The van der Waals surface area contributed by atoms with Crippen LogP contribution < -0.4 is 5.32 Å². The zero-order chi connectivity index (χ0) is 16.0. The highest BCUT2D eigenvalue weighted by Crippen LogP contribution is 2.33. The van der Waals surface area contributed by atoms with Gasteiger partial charge in [0, 0.05) is 18.6 Å². The molecule has 0 heterocycles. The topological polar surface area (TPSA) is 72.9 Å². The number of carboxylic acids is 1. The highest BCUT2D eigenvalue weighted by atomic mass is 16.4. The van der Waals surface area contributed by atoms with E-state index in [2.05, 4.69) is 10.2 Å². The van der Waals surface area contributed by atoms with E-state index >= 15 is 0 Å². The Labute approximate surface area is 127 Å². The van der Waals surface area contributed by atoms with E-state index < -0.39 is 5.97 Å². The van der Waals surface area contributed by atoms with Gasteiger partial charge in [-0.3, -0.25) is 4.79 Å². The van der Waals surface area contributed by atoms with Crippen molar-refractivity contribution < 1.29 is 14.7 Å². The summed E-state index contributed by atoms with van der Waals surface area (Å²) in [5.41, 5.74) is 0.0163. The number of hydrogen-bond acceptors (Lipinski definition) is 3. The van der Waals surface area contributed by atoms with Gasteiger partial charge < -0.3 is 20.2 Å². The molecule has 0 aromatic heterocycles. The average Bonchev–Trinajstić information content (AvgIpc) is 2.84. The van der Waals surface area contributed by atoms with Crippen molar-refractivity contribution in [1.29, 1.82) is 0 Å². The molecule has 0 bridgehead atoms. The summed E-state index contributed by atoms with van der Waals surface area (Å²) in [6.45, 7) is 4.72. The molecule has 21 heavy (non-hydrogen) atoms. The maximum absolute atomic E-state index is 12.3. The first-order valence-corrected chi connectivity index (χ1v) is 7.69. The molecule has 0 atom stereocenters. The van der Waals surface area contributed by atoms with Gasteiger partial charge in [-0.15, -0.1) is 0 Å². The SMILES string of the molecule is CC(C)CN(CC(=O)O)C(=O)NCC1(N(C)C)CCCC1. The fourth-order valence-electron chi connectivity index (χ4n) is 2.99. The summed E-state index contributed by atoms with van der Waals surface area (Å²) in [6, 6.07) is -0.278. The molecule has 0 radical (unpaired) electrons. The van der Waals surface area contributed by atoms with E-state index in [0.29, 0.717) is 13.1 Å². The van der Waals surface area contributed by atoms with Crippen LogP contribution >= 0.6 is 0 Å². The van der Waals surface area contributed by atoms with Crippen LogP contribution in [0, 0.1) is 5.92 Å². The molecule has 6 heteroatoms. The summed E-state index contributed by atoms with van der Waals surface area (Å²) < 4.78 is 0. The van der Waals surface area contributed by atoms with Crippen molar-refractivity contribution in [3.63, 3.8) is 0 Å². The summed E-state index contributed by atoms with van der Waals surface area (Å²) in [4.78, 5) is 26.7. The lowest BCUT2D eigenvalue weighted by molar-refractivity contribution is -0.137. The number of rotatable bonds is 7. The third kappa shape index (κ3) is 5.19. The number of carboxylic acid groups (broad SMARTS) is 1. The molecule has 1 aliphatic rings. The predicted molar refractivity (Wildman–Crippen MR) is 82.3 cm³/mol. The first-order chi connectivity index (χ1) is 9.77. The number of nitrogens with one attached hydrogen (secondary N) is 1. The molecular weight excluding hydrogens is 270 g/mol. The van der Waals surface area contributed by atoms with Gasteiger partial charge in [-0.05, 0) is 32.9 Å².